The molecule has 45 heavy (non-hydrogen) atoms. The number of aryl methyl sites for hydroxylation is 1. The lowest BCUT2D eigenvalue weighted by Crippen LogP contribution is -2.35. The summed E-state index contributed by atoms with van der Waals surface area (Å²) in [5, 5.41) is 23.9. The van der Waals surface area contributed by atoms with Crippen molar-refractivity contribution in [1.29, 1.82) is 0 Å². The van der Waals surface area contributed by atoms with E-state index in [9.17, 15) is 14.7 Å². The fourth-order valence-electron chi connectivity index (χ4n) is 6.52. The van der Waals surface area contributed by atoms with Crippen LogP contribution in [0.1, 0.15) is 35.5 Å². The van der Waals surface area contributed by atoms with Crippen LogP contribution in [-0.2, 0) is 44.3 Å². The van der Waals surface area contributed by atoms with Crippen LogP contribution in [0.15, 0.2) is 46.4 Å². The third-order valence-corrected chi connectivity index (χ3v) is 9.99. The predicted octanol–water partition coefficient (Wildman–Crippen LogP) is 3.23. The first-order valence-electron chi connectivity index (χ1n) is 15.0. The Morgan fingerprint density at radius 3 is 2.80 bits per heavy atom. The molecule has 0 spiro atoms. The molecule has 0 saturated heterocycles. The lowest BCUT2D eigenvalue weighted by Gasteiger charge is -2.26. The Morgan fingerprint density at radius 1 is 1.16 bits per heavy atom. The fraction of sp³-hybridized carbons (Fsp3) is 0.406. The van der Waals surface area contributed by atoms with Gasteiger partial charge in [0.2, 0.25) is 0 Å². The van der Waals surface area contributed by atoms with Crippen molar-refractivity contribution in [1.82, 2.24) is 34.0 Å². The zero-order chi connectivity index (χ0) is 31.5. The molecule has 1 aliphatic carbocycles. The van der Waals surface area contributed by atoms with Crippen LogP contribution in [0.3, 0.4) is 0 Å². The minimum absolute atomic E-state index is 0.177. The highest BCUT2D eigenvalue weighted by molar-refractivity contribution is 7.19. The molecule has 5 aromatic heterocycles. The van der Waals surface area contributed by atoms with E-state index >= 15 is 0 Å². The van der Waals surface area contributed by atoms with E-state index in [4.69, 9.17) is 4.74 Å². The first-order chi connectivity index (χ1) is 21.7. The van der Waals surface area contributed by atoms with Gasteiger partial charge >= 0.3 is 0 Å². The molecule has 12 nitrogen and oxygen atoms in total. The van der Waals surface area contributed by atoms with Crippen molar-refractivity contribution in [3.63, 3.8) is 0 Å². The van der Waals surface area contributed by atoms with Crippen LogP contribution in [0.5, 0.6) is 0 Å². The van der Waals surface area contributed by atoms with Gasteiger partial charge in [0.1, 0.15) is 10.4 Å². The van der Waals surface area contributed by atoms with E-state index in [0.29, 0.717) is 39.5 Å². The lowest BCUT2D eigenvalue weighted by atomic mass is 9.90. The summed E-state index contributed by atoms with van der Waals surface area (Å²) >= 11 is 1.53. The van der Waals surface area contributed by atoms with Crippen LogP contribution in [0.4, 0.5) is 11.5 Å². The summed E-state index contributed by atoms with van der Waals surface area (Å²) in [7, 11) is 3.38. The van der Waals surface area contributed by atoms with Crippen molar-refractivity contribution < 1.29 is 9.84 Å². The monoisotopic (exact) mass is 628 g/mol. The molecule has 0 bridgehead atoms. The number of hydrogen-bond acceptors (Lipinski definition) is 10. The van der Waals surface area contributed by atoms with E-state index in [1.165, 1.54) is 31.0 Å². The van der Waals surface area contributed by atoms with Gasteiger partial charge in [0.05, 0.1) is 31.6 Å². The Bertz CT molecular complexity index is 2060. The molecule has 2 aliphatic rings. The van der Waals surface area contributed by atoms with Crippen LogP contribution in [0.25, 0.3) is 27.0 Å². The van der Waals surface area contributed by atoms with Crippen molar-refractivity contribution in [3.05, 3.63) is 79.2 Å². The van der Waals surface area contributed by atoms with Crippen molar-refractivity contribution in [2.45, 2.75) is 46.4 Å². The van der Waals surface area contributed by atoms with E-state index in [1.54, 1.807) is 44.9 Å². The number of fused-ring (bicyclic) bond motifs is 4. The maximum Gasteiger partial charge on any atom is 0.290 e. The van der Waals surface area contributed by atoms with Gasteiger partial charge in [0.25, 0.3) is 11.1 Å². The van der Waals surface area contributed by atoms with E-state index in [-0.39, 0.29) is 29.0 Å². The Labute approximate surface area is 263 Å². The summed E-state index contributed by atoms with van der Waals surface area (Å²) in [6, 6.07) is 5.48. The van der Waals surface area contributed by atoms with E-state index < -0.39 is 0 Å². The molecular formula is C32H36N8O4S. The zero-order valence-corrected chi connectivity index (χ0v) is 26.6. The summed E-state index contributed by atoms with van der Waals surface area (Å²) in [6.07, 6.45) is 6.91. The summed E-state index contributed by atoms with van der Waals surface area (Å²) in [5.74, 6) is 0.847. The van der Waals surface area contributed by atoms with Gasteiger partial charge in [-0.25, -0.2) is 4.98 Å². The van der Waals surface area contributed by atoms with E-state index in [2.05, 4.69) is 39.2 Å². The normalized spacial score (nSPS) is 15.8. The minimum atomic E-state index is -0.376. The Hall–Kier alpha value is -4.17. The largest absolute Gasteiger partial charge is 0.392 e. The topological polar surface area (TPSA) is 132 Å². The highest BCUT2D eigenvalue weighted by atomic mass is 32.1. The zero-order valence-electron chi connectivity index (χ0n) is 25.8. The predicted molar refractivity (Wildman–Crippen MR) is 173 cm³/mol. The van der Waals surface area contributed by atoms with Crippen molar-refractivity contribution >= 4 is 32.9 Å². The summed E-state index contributed by atoms with van der Waals surface area (Å²) in [4.78, 5) is 35.0. The quantitative estimate of drug-likeness (QED) is 0.266. The van der Waals surface area contributed by atoms with Crippen molar-refractivity contribution in [2.75, 3.05) is 32.1 Å². The Kier molecular flexibility index (Phi) is 7.43. The van der Waals surface area contributed by atoms with Gasteiger partial charge in [0, 0.05) is 73.6 Å². The molecule has 0 aromatic carbocycles. The molecular weight excluding hydrogens is 592 g/mol. The first kappa shape index (κ1) is 29.5. The average Bonchev–Trinajstić information content (AvgIpc) is 3.67. The molecule has 7 rings (SSSR count). The SMILES string of the molecule is COCCN1CCn2nc(Nc3cc(-c4ccnc(-n5ncc6c7c(sc6c5=O)CC(C)(C)C7)c4CO)cn(C)c3=O)cc2C1. The molecule has 13 heteroatoms. The lowest BCUT2D eigenvalue weighted by molar-refractivity contribution is 0.129. The number of nitrogens with one attached hydrogen (secondary N) is 1. The number of aliphatic hydroxyl groups is 1. The number of pyridine rings is 2. The van der Waals surface area contributed by atoms with Crippen LogP contribution in [0.2, 0.25) is 0 Å². The maximum atomic E-state index is 13.7. The van der Waals surface area contributed by atoms with Gasteiger partial charge in [-0.2, -0.15) is 14.9 Å². The molecule has 0 amide bonds. The summed E-state index contributed by atoms with van der Waals surface area (Å²) in [5.41, 5.74) is 4.08. The fourth-order valence-corrected chi connectivity index (χ4v) is 7.99. The molecule has 0 fully saturated rings. The van der Waals surface area contributed by atoms with E-state index in [1.807, 2.05) is 10.7 Å². The second-order valence-corrected chi connectivity index (χ2v) is 13.7. The van der Waals surface area contributed by atoms with Gasteiger partial charge in [-0.15, -0.1) is 11.3 Å². The van der Waals surface area contributed by atoms with Gasteiger partial charge in [0.15, 0.2) is 11.6 Å². The van der Waals surface area contributed by atoms with Gasteiger partial charge in [-0.3, -0.25) is 19.2 Å². The smallest absolute Gasteiger partial charge is 0.290 e. The number of methoxy groups -OCH3 is 1. The molecule has 2 N–H and O–H groups in total. The minimum Gasteiger partial charge on any atom is -0.392 e. The van der Waals surface area contributed by atoms with Crippen LogP contribution in [0, 0.1) is 5.41 Å². The van der Waals surface area contributed by atoms with Crippen molar-refractivity contribution in [2.24, 2.45) is 12.5 Å². The molecule has 0 radical (unpaired) electrons. The summed E-state index contributed by atoms with van der Waals surface area (Å²) in [6.45, 7) is 8.00. The highest BCUT2D eigenvalue weighted by Crippen LogP contribution is 2.43. The molecule has 0 unspecified atom stereocenters. The van der Waals surface area contributed by atoms with Crippen molar-refractivity contribution in [3.8, 4) is 16.9 Å². The highest BCUT2D eigenvalue weighted by Gasteiger charge is 2.33. The third-order valence-electron chi connectivity index (χ3n) is 8.75. The Morgan fingerprint density at radius 2 is 2.00 bits per heavy atom. The molecule has 0 saturated carbocycles. The first-order valence-corrected chi connectivity index (χ1v) is 15.8. The third kappa shape index (κ3) is 5.29. The molecule has 1 aliphatic heterocycles. The number of thiophene rings is 1. The Balaban J connectivity index is 1.23. The van der Waals surface area contributed by atoms with Crippen LogP contribution >= 0.6 is 11.3 Å². The molecule has 0 atom stereocenters. The van der Waals surface area contributed by atoms with Gasteiger partial charge in [-0.1, -0.05) is 13.8 Å². The number of ether oxygens (including phenoxy) is 1. The number of nitrogens with zero attached hydrogens (tertiary/aromatic N) is 7. The number of rotatable bonds is 8. The van der Waals surface area contributed by atoms with E-state index in [0.717, 1.165) is 50.1 Å². The number of anilines is 2. The van der Waals surface area contributed by atoms with Crippen LogP contribution < -0.4 is 16.4 Å². The second-order valence-electron chi connectivity index (χ2n) is 12.6. The summed E-state index contributed by atoms with van der Waals surface area (Å²) < 4.78 is 10.6. The average molecular weight is 629 g/mol. The molecule has 6 heterocycles. The van der Waals surface area contributed by atoms with Gasteiger partial charge in [-0.05, 0) is 41.5 Å². The van der Waals surface area contributed by atoms with Crippen LogP contribution in [-0.4, -0.2) is 65.9 Å². The number of hydrogen-bond donors (Lipinski definition) is 2. The maximum absolute atomic E-state index is 13.7. The molecule has 5 aromatic rings. The number of aliphatic hydroxyl groups excluding tert-OH is 1. The molecule has 234 valence electrons. The standard InChI is InChI=1S/C32H36N8O4S/c1-32(2)13-22-23-15-34-40(31(43)28(23)45-26(22)14-32)29-24(18-41)21(5-6-33-29)19-11-25(30(42)37(3)16-19)35-27-12-20-17-38(9-10-44-4)7-8-39(20)36-27/h5-6,11-12,15-16,41H,7-10,13-14,17-18H2,1-4H3,(H,35,36). The van der Waals surface area contributed by atoms with Gasteiger partial charge < -0.3 is 19.7 Å². The number of aromatic nitrogens is 6. The second kappa shape index (κ2) is 11.3.